The molecule has 2 rings (SSSR count). The lowest BCUT2D eigenvalue weighted by Crippen LogP contribution is -2.59. The highest BCUT2D eigenvalue weighted by atomic mass is 16.1. The van der Waals surface area contributed by atoms with Crippen LogP contribution in [0, 0.1) is 17.8 Å². The Morgan fingerprint density at radius 1 is 1.36 bits per heavy atom. The van der Waals surface area contributed by atoms with Crippen molar-refractivity contribution >= 4 is 5.91 Å². The molecule has 1 fully saturated rings. The van der Waals surface area contributed by atoms with E-state index in [9.17, 15) is 4.79 Å². The van der Waals surface area contributed by atoms with Crippen LogP contribution in [0.5, 0.6) is 0 Å². The molecule has 1 aliphatic rings. The zero-order chi connectivity index (χ0) is 16.2. The lowest BCUT2D eigenvalue weighted by atomic mass is 9.62. The quantitative estimate of drug-likeness (QED) is 0.804. The molecule has 0 saturated heterocycles. The summed E-state index contributed by atoms with van der Waals surface area (Å²) in [6.45, 7) is 10.5. The Kier molecular flexibility index (Phi) is 5.44. The second-order valence-electron chi connectivity index (χ2n) is 7.25. The van der Waals surface area contributed by atoms with Crippen LogP contribution in [0.4, 0.5) is 0 Å². The van der Waals surface area contributed by atoms with Gasteiger partial charge in [-0.25, -0.2) is 0 Å². The minimum Gasteiger partial charge on any atom is -0.347 e. The van der Waals surface area contributed by atoms with Crippen LogP contribution in [0.15, 0.2) is 43.0 Å². The number of hydrogen-bond acceptors (Lipinski definition) is 1. The third-order valence-electron chi connectivity index (χ3n) is 5.12. The van der Waals surface area contributed by atoms with Crippen molar-refractivity contribution in [1.29, 1.82) is 0 Å². The van der Waals surface area contributed by atoms with Crippen LogP contribution < -0.4 is 5.32 Å². The Labute approximate surface area is 135 Å². The van der Waals surface area contributed by atoms with E-state index in [2.05, 4.69) is 56.9 Å². The van der Waals surface area contributed by atoms with E-state index in [0.29, 0.717) is 17.8 Å². The highest BCUT2D eigenvalue weighted by Crippen LogP contribution is 2.43. The molecular weight excluding hydrogens is 270 g/mol. The van der Waals surface area contributed by atoms with Crippen LogP contribution >= 0.6 is 0 Å². The summed E-state index contributed by atoms with van der Waals surface area (Å²) in [6, 6.07) is 10.5. The van der Waals surface area contributed by atoms with Gasteiger partial charge >= 0.3 is 0 Å². The van der Waals surface area contributed by atoms with Crippen molar-refractivity contribution in [2.24, 2.45) is 17.8 Å². The van der Waals surface area contributed by atoms with Gasteiger partial charge in [0.1, 0.15) is 0 Å². The first-order valence-electron chi connectivity index (χ1n) is 8.45. The van der Waals surface area contributed by atoms with Gasteiger partial charge in [0.15, 0.2) is 0 Å². The van der Waals surface area contributed by atoms with Crippen molar-refractivity contribution in [3.63, 3.8) is 0 Å². The maximum Gasteiger partial charge on any atom is 0.243 e. The Balaban J connectivity index is 2.37. The second kappa shape index (κ2) is 7.13. The van der Waals surface area contributed by atoms with E-state index in [1.54, 1.807) is 0 Å². The van der Waals surface area contributed by atoms with E-state index in [4.69, 9.17) is 0 Å². The Bertz CT molecular complexity index is 508. The SMILES string of the molecule is C=CC(=O)NC1(Cc2ccccc2)CC(C)CCC1C(C)C. The fourth-order valence-corrected chi connectivity index (χ4v) is 4.23. The number of nitrogens with one attached hydrogen (secondary N) is 1. The molecule has 3 atom stereocenters. The molecular formula is C20H29NO. The van der Waals surface area contributed by atoms with Gasteiger partial charge in [-0.05, 0) is 48.7 Å². The van der Waals surface area contributed by atoms with Gasteiger partial charge in [0.2, 0.25) is 5.91 Å². The summed E-state index contributed by atoms with van der Waals surface area (Å²) < 4.78 is 0. The number of amides is 1. The highest BCUT2D eigenvalue weighted by molar-refractivity contribution is 5.87. The van der Waals surface area contributed by atoms with Crippen molar-refractivity contribution in [3.05, 3.63) is 48.6 Å². The van der Waals surface area contributed by atoms with Gasteiger partial charge in [-0.1, -0.05) is 64.1 Å². The zero-order valence-electron chi connectivity index (χ0n) is 14.1. The third kappa shape index (κ3) is 3.79. The normalized spacial score (nSPS) is 28.4. The second-order valence-corrected chi connectivity index (χ2v) is 7.25. The summed E-state index contributed by atoms with van der Waals surface area (Å²) in [6.07, 6.45) is 5.79. The molecule has 0 spiro atoms. The van der Waals surface area contributed by atoms with Crippen molar-refractivity contribution in [1.82, 2.24) is 5.32 Å². The van der Waals surface area contributed by atoms with Crippen LogP contribution in [0.25, 0.3) is 0 Å². The third-order valence-corrected chi connectivity index (χ3v) is 5.12. The predicted octanol–water partition coefficient (Wildman–Crippen LogP) is 4.36. The van der Waals surface area contributed by atoms with E-state index in [0.717, 1.165) is 12.8 Å². The molecule has 0 aliphatic heterocycles. The van der Waals surface area contributed by atoms with Crippen molar-refractivity contribution in [3.8, 4) is 0 Å². The molecule has 2 heteroatoms. The first-order valence-corrected chi connectivity index (χ1v) is 8.45. The predicted molar refractivity (Wildman–Crippen MR) is 92.6 cm³/mol. The van der Waals surface area contributed by atoms with Gasteiger partial charge in [-0.2, -0.15) is 0 Å². The molecule has 1 aliphatic carbocycles. The monoisotopic (exact) mass is 299 g/mol. The summed E-state index contributed by atoms with van der Waals surface area (Å²) in [5, 5.41) is 3.34. The van der Waals surface area contributed by atoms with Gasteiger partial charge in [-0.3, -0.25) is 4.79 Å². The smallest absolute Gasteiger partial charge is 0.243 e. The van der Waals surface area contributed by atoms with Gasteiger partial charge in [0.05, 0.1) is 0 Å². The first kappa shape index (κ1) is 16.8. The molecule has 0 bridgehead atoms. The summed E-state index contributed by atoms with van der Waals surface area (Å²) in [7, 11) is 0. The molecule has 3 unspecified atom stereocenters. The molecule has 120 valence electrons. The number of carbonyl (C=O) groups excluding carboxylic acids is 1. The maximum absolute atomic E-state index is 12.1. The average molecular weight is 299 g/mol. The number of hydrogen-bond donors (Lipinski definition) is 1. The van der Waals surface area contributed by atoms with Crippen molar-refractivity contribution < 1.29 is 4.79 Å². The summed E-state index contributed by atoms with van der Waals surface area (Å²) >= 11 is 0. The molecule has 1 aromatic rings. The Morgan fingerprint density at radius 2 is 2.05 bits per heavy atom. The Morgan fingerprint density at radius 3 is 2.64 bits per heavy atom. The number of carbonyl (C=O) groups is 1. The Hall–Kier alpha value is -1.57. The van der Waals surface area contributed by atoms with E-state index in [1.807, 2.05) is 6.07 Å². The van der Waals surface area contributed by atoms with Crippen molar-refractivity contribution in [2.75, 3.05) is 0 Å². The molecule has 0 heterocycles. The highest BCUT2D eigenvalue weighted by Gasteiger charge is 2.44. The average Bonchev–Trinajstić information content (AvgIpc) is 2.47. The zero-order valence-corrected chi connectivity index (χ0v) is 14.1. The molecule has 2 nitrogen and oxygen atoms in total. The lowest BCUT2D eigenvalue weighted by Gasteiger charge is -2.49. The maximum atomic E-state index is 12.1. The van der Waals surface area contributed by atoms with E-state index < -0.39 is 0 Å². The summed E-state index contributed by atoms with van der Waals surface area (Å²) in [4.78, 5) is 12.1. The van der Waals surface area contributed by atoms with Gasteiger partial charge in [0, 0.05) is 5.54 Å². The fourth-order valence-electron chi connectivity index (χ4n) is 4.23. The van der Waals surface area contributed by atoms with Crippen LogP contribution in [0.1, 0.15) is 45.6 Å². The van der Waals surface area contributed by atoms with Gasteiger partial charge in [-0.15, -0.1) is 0 Å². The molecule has 22 heavy (non-hydrogen) atoms. The topological polar surface area (TPSA) is 29.1 Å². The molecule has 1 amide bonds. The van der Waals surface area contributed by atoms with Gasteiger partial charge < -0.3 is 5.32 Å². The lowest BCUT2D eigenvalue weighted by molar-refractivity contribution is -0.120. The number of rotatable bonds is 5. The minimum absolute atomic E-state index is 0.0457. The molecule has 1 saturated carbocycles. The molecule has 1 aromatic carbocycles. The standard InChI is InChI=1S/C20H29NO/c1-5-19(22)21-20(14-17-9-7-6-8-10-17)13-16(4)11-12-18(20)15(2)3/h5-10,15-16,18H,1,11-14H2,2-4H3,(H,21,22). The van der Waals surface area contributed by atoms with E-state index in [-0.39, 0.29) is 11.4 Å². The van der Waals surface area contributed by atoms with E-state index in [1.165, 1.54) is 24.5 Å². The van der Waals surface area contributed by atoms with Crippen LogP contribution in [-0.4, -0.2) is 11.4 Å². The largest absolute Gasteiger partial charge is 0.347 e. The van der Waals surface area contributed by atoms with E-state index >= 15 is 0 Å². The van der Waals surface area contributed by atoms with Gasteiger partial charge in [0.25, 0.3) is 0 Å². The molecule has 0 aromatic heterocycles. The van der Waals surface area contributed by atoms with Crippen LogP contribution in [-0.2, 0) is 11.2 Å². The first-order chi connectivity index (χ1) is 10.5. The molecule has 1 N–H and O–H groups in total. The molecule has 0 radical (unpaired) electrons. The summed E-state index contributed by atoms with van der Waals surface area (Å²) in [5.74, 6) is 1.66. The summed E-state index contributed by atoms with van der Waals surface area (Å²) in [5.41, 5.74) is 1.14. The minimum atomic E-state index is -0.154. The van der Waals surface area contributed by atoms with Crippen molar-refractivity contribution in [2.45, 2.75) is 52.0 Å². The fraction of sp³-hybridized carbons (Fsp3) is 0.550. The number of benzene rings is 1. The van der Waals surface area contributed by atoms with Crippen LogP contribution in [0.3, 0.4) is 0 Å². The van der Waals surface area contributed by atoms with Crippen LogP contribution in [0.2, 0.25) is 0 Å².